The summed E-state index contributed by atoms with van der Waals surface area (Å²) < 4.78 is 34.1. The van der Waals surface area contributed by atoms with Gasteiger partial charge in [-0.25, -0.2) is 4.98 Å². The summed E-state index contributed by atoms with van der Waals surface area (Å²) in [7, 11) is 0. The van der Waals surface area contributed by atoms with Crippen LogP contribution in [0.1, 0.15) is 17.7 Å². The Kier molecular flexibility index (Phi) is 8.51. The lowest BCUT2D eigenvalue weighted by molar-refractivity contribution is -0.147. The molecule has 0 bridgehead atoms. The number of aromatic nitrogens is 1. The number of para-hydroxylation sites is 2. The lowest BCUT2D eigenvalue weighted by Gasteiger charge is -2.11. The van der Waals surface area contributed by atoms with Crippen LogP contribution < -0.4 is 15.4 Å². The van der Waals surface area contributed by atoms with Gasteiger partial charge in [-0.15, -0.1) is 22.7 Å². The minimum Gasteiger partial charge on any atom is -0.456 e. The molecule has 3 rings (SSSR count). The van der Waals surface area contributed by atoms with Gasteiger partial charge in [0.05, 0.1) is 16.3 Å². The van der Waals surface area contributed by atoms with Gasteiger partial charge in [0, 0.05) is 23.2 Å². The van der Waals surface area contributed by atoms with Crippen molar-refractivity contribution in [2.75, 3.05) is 23.8 Å². The summed E-state index contributed by atoms with van der Waals surface area (Å²) in [4.78, 5) is 30.6. The fourth-order valence-electron chi connectivity index (χ4n) is 2.64. The van der Waals surface area contributed by atoms with Crippen LogP contribution >= 0.6 is 22.7 Å². The zero-order valence-electron chi connectivity index (χ0n) is 17.1. The van der Waals surface area contributed by atoms with Crippen LogP contribution in [-0.2, 0) is 14.3 Å². The van der Waals surface area contributed by atoms with E-state index >= 15 is 0 Å². The van der Waals surface area contributed by atoms with Crippen molar-refractivity contribution in [3.05, 3.63) is 46.7 Å². The molecule has 0 unspecified atom stereocenters. The van der Waals surface area contributed by atoms with Crippen molar-refractivity contribution >= 4 is 45.4 Å². The number of rotatable bonds is 11. The van der Waals surface area contributed by atoms with E-state index in [4.69, 9.17) is 4.74 Å². The third-order valence-electron chi connectivity index (χ3n) is 4.07. The molecule has 2 aromatic heterocycles. The SMILES string of the molecule is Cc1ccc(-c2csc(NCCCC(=O)OCC(=O)Nc3ccccc3OC(F)F)n2)s1. The standard InChI is InChI=1S/C21H21F2N3O4S2/c1-13-8-9-17(32-13)15-12-31-21(26-15)24-10-4-7-19(28)29-11-18(27)25-14-5-2-3-6-16(14)30-20(22)23/h2-3,5-6,8-9,12,20H,4,7,10-11H2,1H3,(H,24,26)(H,25,27). The zero-order valence-corrected chi connectivity index (χ0v) is 18.7. The van der Waals surface area contributed by atoms with Crippen LogP contribution in [0.25, 0.3) is 10.6 Å². The first-order valence-electron chi connectivity index (χ1n) is 9.66. The number of thiazole rings is 1. The third kappa shape index (κ3) is 7.27. The quantitative estimate of drug-likeness (QED) is 0.291. The Morgan fingerprint density at radius 1 is 1.19 bits per heavy atom. The van der Waals surface area contributed by atoms with Crippen molar-refractivity contribution < 1.29 is 27.8 Å². The monoisotopic (exact) mass is 481 g/mol. The Morgan fingerprint density at radius 3 is 2.75 bits per heavy atom. The molecule has 11 heteroatoms. The maximum Gasteiger partial charge on any atom is 0.387 e. The van der Waals surface area contributed by atoms with Gasteiger partial charge in [-0.3, -0.25) is 9.59 Å². The normalized spacial score (nSPS) is 10.8. The van der Waals surface area contributed by atoms with E-state index in [0.717, 1.165) is 15.7 Å². The van der Waals surface area contributed by atoms with E-state index in [2.05, 4.69) is 20.4 Å². The average Bonchev–Trinajstić information content (AvgIpc) is 3.40. The highest BCUT2D eigenvalue weighted by atomic mass is 32.1. The molecule has 2 heterocycles. The molecule has 2 N–H and O–H groups in total. The highest BCUT2D eigenvalue weighted by Crippen LogP contribution is 2.30. The first kappa shape index (κ1) is 23.6. The Balaban J connectivity index is 1.34. The molecule has 1 aromatic carbocycles. The number of hydrogen-bond donors (Lipinski definition) is 2. The Bertz CT molecular complexity index is 1060. The number of alkyl halides is 2. The smallest absolute Gasteiger partial charge is 0.387 e. The average molecular weight is 482 g/mol. The van der Waals surface area contributed by atoms with Crippen LogP contribution in [0.15, 0.2) is 41.8 Å². The predicted octanol–water partition coefficient (Wildman–Crippen LogP) is 5.16. The van der Waals surface area contributed by atoms with Crippen LogP contribution in [0, 0.1) is 6.92 Å². The molecule has 32 heavy (non-hydrogen) atoms. The molecule has 0 aliphatic rings. The number of carbonyl (C=O) groups excluding carboxylic acids is 2. The second-order valence-electron chi connectivity index (χ2n) is 6.56. The summed E-state index contributed by atoms with van der Waals surface area (Å²) in [6, 6.07) is 9.85. The number of carbonyl (C=O) groups is 2. The van der Waals surface area contributed by atoms with E-state index < -0.39 is 25.1 Å². The van der Waals surface area contributed by atoms with Crippen LogP contribution in [0.5, 0.6) is 5.75 Å². The van der Waals surface area contributed by atoms with Crippen LogP contribution in [0.4, 0.5) is 19.6 Å². The van der Waals surface area contributed by atoms with Crippen LogP contribution in [0.2, 0.25) is 0 Å². The van der Waals surface area contributed by atoms with Gasteiger partial charge in [0.25, 0.3) is 5.91 Å². The van der Waals surface area contributed by atoms with E-state index in [0.29, 0.717) is 13.0 Å². The van der Waals surface area contributed by atoms with Gasteiger partial charge in [-0.1, -0.05) is 12.1 Å². The van der Waals surface area contributed by atoms with Gasteiger partial charge >= 0.3 is 12.6 Å². The predicted molar refractivity (Wildman–Crippen MR) is 121 cm³/mol. The molecular formula is C21H21F2N3O4S2. The number of thiophene rings is 1. The van der Waals surface area contributed by atoms with E-state index in [1.165, 1.54) is 34.4 Å². The summed E-state index contributed by atoms with van der Waals surface area (Å²) in [6.07, 6.45) is 0.617. The van der Waals surface area contributed by atoms with Gasteiger partial charge in [-0.05, 0) is 37.6 Å². The number of nitrogens with one attached hydrogen (secondary N) is 2. The highest BCUT2D eigenvalue weighted by Gasteiger charge is 2.13. The number of anilines is 2. The molecule has 1 amide bonds. The molecule has 7 nitrogen and oxygen atoms in total. The lowest BCUT2D eigenvalue weighted by atomic mass is 10.3. The number of nitrogens with zero attached hydrogens (tertiary/aromatic N) is 1. The Hall–Kier alpha value is -3.05. The van der Waals surface area contributed by atoms with Crippen LogP contribution in [0.3, 0.4) is 0 Å². The van der Waals surface area contributed by atoms with Gasteiger partial charge < -0.3 is 20.1 Å². The number of hydrogen-bond acceptors (Lipinski definition) is 8. The van der Waals surface area contributed by atoms with Crippen molar-refractivity contribution in [2.45, 2.75) is 26.4 Å². The van der Waals surface area contributed by atoms with Gasteiger partial charge in [0.1, 0.15) is 5.75 Å². The van der Waals surface area contributed by atoms with Crippen molar-refractivity contribution in [2.24, 2.45) is 0 Å². The molecule has 0 atom stereocenters. The molecule has 0 saturated carbocycles. The van der Waals surface area contributed by atoms with Gasteiger partial charge in [0.2, 0.25) is 0 Å². The number of benzene rings is 1. The fraction of sp³-hybridized carbons (Fsp3) is 0.286. The van der Waals surface area contributed by atoms with Crippen LogP contribution in [-0.4, -0.2) is 36.6 Å². The molecule has 0 fully saturated rings. The van der Waals surface area contributed by atoms with E-state index in [1.54, 1.807) is 17.4 Å². The van der Waals surface area contributed by atoms with E-state index in [1.807, 2.05) is 24.4 Å². The molecule has 170 valence electrons. The van der Waals surface area contributed by atoms with Crippen molar-refractivity contribution in [1.82, 2.24) is 4.98 Å². The second-order valence-corrected chi connectivity index (χ2v) is 8.71. The van der Waals surface area contributed by atoms with Crippen molar-refractivity contribution in [3.8, 4) is 16.3 Å². The highest BCUT2D eigenvalue weighted by molar-refractivity contribution is 7.16. The second kappa shape index (κ2) is 11.5. The molecule has 0 saturated heterocycles. The van der Waals surface area contributed by atoms with Gasteiger partial charge in [0.15, 0.2) is 11.7 Å². The van der Waals surface area contributed by atoms with Gasteiger partial charge in [-0.2, -0.15) is 8.78 Å². The topological polar surface area (TPSA) is 89.5 Å². The first-order valence-corrected chi connectivity index (χ1v) is 11.4. The number of esters is 1. The third-order valence-corrected chi connectivity index (χ3v) is 5.90. The molecule has 0 spiro atoms. The number of aryl methyl sites for hydroxylation is 1. The maximum absolute atomic E-state index is 12.4. The maximum atomic E-state index is 12.4. The van der Waals surface area contributed by atoms with E-state index in [-0.39, 0.29) is 17.9 Å². The van der Waals surface area contributed by atoms with Crippen molar-refractivity contribution in [3.63, 3.8) is 0 Å². The summed E-state index contributed by atoms with van der Waals surface area (Å²) in [5.41, 5.74) is 0.986. The Labute approximate surface area is 191 Å². The molecule has 0 radical (unpaired) electrons. The lowest BCUT2D eigenvalue weighted by Crippen LogP contribution is -2.21. The zero-order chi connectivity index (χ0) is 22.9. The van der Waals surface area contributed by atoms with Crippen molar-refractivity contribution in [1.29, 1.82) is 0 Å². The summed E-state index contributed by atoms with van der Waals surface area (Å²) in [5.74, 6) is -1.36. The largest absolute Gasteiger partial charge is 0.456 e. The summed E-state index contributed by atoms with van der Waals surface area (Å²) in [5, 5.41) is 8.29. The minimum atomic E-state index is -3.02. The Morgan fingerprint density at radius 2 is 2.00 bits per heavy atom. The molecule has 0 aliphatic heterocycles. The molecule has 3 aromatic rings. The fourth-order valence-corrected chi connectivity index (χ4v) is 4.28. The first-order chi connectivity index (χ1) is 15.4. The summed E-state index contributed by atoms with van der Waals surface area (Å²) in [6.45, 7) is -0.972. The molecule has 0 aliphatic carbocycles. The number of amides is 1. The molecular weight excluding hydrogens is 460 g/mol. The number of ether oxygens (including phenoxy) is 2. The minimum absolute atomic E-state index is 0.0681. The number of halogens is 2. The summed E-state index contributed by atoms with van der Waals surface area (Å²) >= 11 is 3.17. The van der Waals surface area contributed by atoms with E-state index in [9.17, 15) is 18.4 Å².